The van der Waals surface area contributed by atoms with Crippen LogP contribution in [0.15, 0.2) is 0 Å². The molecule has 0 aliphatic heterocycles. The summed E-state index contributed by atoms with van der Waals surface area (Å²) >= 11 is 0. The second kappa shape index (κ2) is 19.5. The Morgan fingerprint density at radius 3 is 1.22 bits per heavy atom. The van der Waals surface area contributed by atoms with Crippen LogP contribution in [0.3, 0.4) is 0 Å². The monoisotopic (exact) mass is 430 g/mol. The first kappa shape index (κ1) is 30.7. The van der Waals surface area contributed by atoms with Gasteiger partial charge in [-0.3, -0.25) is 0 Å². The first-order valence-electron chi connectivity index (χ1n) is 11.0. The fraction of sp³-hybridized carbons (Fsp3) is 1.00. The van der Waals surface area contributed by atoms with Gasteiger partial charge >= 0.3 is 51.4 Å². The van der Waals surface area contributed by atoms with Gasteiger partial charge in [0, 0.05) is 0 Å². The van der Waals surface area contributed by atoms with Gasteiger partial charge in [-0.1, -0.05) is 104 Å². The van der Waals surface area contributed by atoms with Crippen LogP contribution in [0.1, 0.15) is 129 Å². The van der Waals surface area contributed by atoms with Crippen LogP contribution in [0.2, 0.25) is 0 Å². The average molecular weight is 431 g/mol. The van der Waals surface area contributed by atoms with E-state index in [1.807, 2.05) is 6.92 Å². The summed E-state index contributed by atoms with van der Waals surface area (Å²) in [5.74, 6) is 0. The van der Waals surface area contributed by atoms with Crippen molar-refractivity contribution in [2.24, 2.45) is 0 Å². The van der Waals surface area contributed by atoms with Crippen molar-refractivity contribution >= 4 is 10.1 Å². The Morgan fingerprint density at radius 2 is 0.889 bits per heavy atom. The molecule has 6 heteroatoms. The minimum absolute atomic E-state index is 0. The Kier molecular flexibility index (Phi) is 22.1. The quantitative estimate of drug-likeness (QED) is 0.194. The van der Waals surface area contributed by atoms with Crippen molar-refractivity contribution in [3.63, 3.8) is 0 Å². The fourth-order valence-electron chi connectivity index (χ4n) is 3.45. The number of aliphatic hydroxyl groups is 1. The Balaban J connectivity index is 0. The van der Waals surface area contributed by atoms with Crippen LogP contribution in [-0.4, -0.2) is 23.0 Å². The minimum atomic E-state index is -4.66. The van der Waals surface area contributed by atoms with Gasteiger partial charge in [0.25, 0.3) is 0 Å². The van der Waals surface area contributed by atoms with Gasteiger partial charge in [-0.25, -0.2) is 8.42 Å². The molecule has 0 aromatic heterocycles. The van der Waals surface area contributed by atoms with Gasteiger partial charge < -0.3 is 9.66 Å². The maximum Gasteiger partial charge on any atom is 1.00 e. The topological polar surface area (TPSA) is 77.4 Å². The molecule has 1 atom stereocenters. The molecule has 0 aliphatic carbocycles. The van der Waals surface area contributed by atoms with E-state index in [2.05, 4.69) is 6.92 Å². The van der Waals surface area contributed by atoms with Crippen LogP contribution < -0.4 is 51.4 Å². The third-order valence-electron chi connectivity index (χ3n) is 5.31. The molecule has 0 bridgehead atoms. The summed E-state index contributed by atoms with van der Waals surface area (Å²) < 4.78 is 34.2. The van der Waals surface area contributed by atoms with Gasteiger partial charge in [0.15, 0.2) is 4.93 Å². The molecule has 0 amide bonds. The molecule has 0 aromatic rings. The molecule has 0 fully saturated rings. The summed E-state index contributed by atoms with van der Waals surface area (Å²) in [5, 5.41) is 10.3. The van der Waals surface area contributed by atoms with E-state index in [9.17, 15) is 18.1 Å². The standard InChI is InChI=1S/C21H44O4S.K/c1-3-5-7-8-9-10-11-12-13-14-15-16-18-20-21(22,26(23,24)25)19-17-6-4-2;/h22H,3-20H2,1-2H3,(H,23,24,25);/q;+1/p-1. The van der Waals surface area contributed by atoms with Crippen molar-refractivity contribution < 1.29 is 69.5 Å². The van der Waals surface area contributed by atoms with E-state index in [1.165, 1.54) is 57.8 Å². The summed E-state index contributed by atoms with van der Waals surface area (Å²) in [4.78, 5) is -2.06. The molecule has 1 N–H and O–H groups in total. The van der Waals surface area contributed by atoms with Crippen LogP contribution in [-0.2, 0) is 10.1 Å². The predicted octanol–water partition coefficient (Wildman–Crippen LogP) is 3.29. The maximum atomic E-state index is 11.4. The van der Waals surface area contributed by atoms with Crippen LogP contribution in [0.4, 0.5) is 0 Å². The number of hydrogen-bond acceptors (Lipinski definition) is 4. The van der Waals surface area contributed by atoms with Crippen molar-refractivity contribution in [3.05, 3.63) is 0 Å². The third-order valence-corrected chi connectivity index (χ3v) is 6.65. The second-order valence-corrected chi connectivity index (χ2v) is 9.52. The van der Waals surface area contributed by atoms with Gasteiger partial charge in [0.2, 0.25) is 0 Å². The average Bonchev–Trinajstić information content (AvgIpc) is 2.58. The molecular weight excluding hydrogens is 387 g/mol. The number of hydrogen-bond donors (Lipinski definition) is 1. The molecule has 0 rings (SSSR count). The zero-order valence-corrected chi connectivity index (χ0v) is 22.2. The Morgan fingerprint density at radius 1 is 0.630 bits per heavy atom. The van der Waals surface area contributed by atoms with Crippen molar-refractivity contribution in [1.29, 1.82) is 0 Å². The molecule has 0 aromatic carbocycles. The molecule has 4 nitrogen and oxygen atoms in total. The largest absolute Gasteiger partial charge is 1.00 e. The summed E-state index contributed by atoms with van der Waals surface area (Å²) in [6.07, 6.45) is 18.2. The fourth-order valence-corrected chi connectivity index (χ4v) is 4.23. The second-order valence-electron chi connectivity index (χ2n) is 7.85. The predicted molar refractivity (Wildman–Crippen MR) is 109 cm³/mol. The van der Waals surface area contributed by atoms with E-state index < -0.39 is 15.1 Å². The van der Waals surface area contributed by atoms with Crippen molar-refractivity contribution in [1.82, 2.24) is 0 Å². The van der Waals surface area contributed by atoms with Gasteiger partial charge in [0.1, 0.15) is 10.1 Å². The van der Waals surface area contributed by atoms with Gasteiger partial charge in [0.05, 0.1) is 0 Å². The van der Waals surface area contributed by atoms with E-state index in [-0.39, 0.29) is 64.2 Å². The number of rotatable bonds is 19. The van der Waals surface area contributed by atoms with Crippen LogP contribution >= 0.6 is 0 Å². The van der Waals surface area contributed by atoms with Crippen LogP contribution in [0.5, 0.6) is 0 Å². The van der Waals surface area contributed by atoms with Gasteiger partial charge in [-0.15, -0.1) is 0 Å². The number of unbranched alkanes of at least 4 members (excludes halogenated alkanes) is 14. The SMILES string of the molecule is CCCCCCCCCCCCCCCC(O)(CCCCC)S(=O)(=O)[O-].[K+]. The molecule has 27 heavy (non-hydrogen) atoms. The summed E-state index contributed by atoms with van der Waals surface area (Å²) in [5.41, 5.74) is 0. The Hall–Kier alpha value is 1.51. The van der Waals surface area contributed by atoms with Crippen molar-refractivity contribution in [2.45, 2.75) is 134 Å². The third kappa shape index (κ3) is 16.9. The van der Waals surface area contributed by atoms with E-state index in [1.54, 1.807) is 0 Å². The Labute approximate surface area is 211 Å². The zero-order valence-electron chi connectivity index (χ0n) is 18.3. The minimum Gasteiger partial charge on any atom is -0.746 e. The molecular formula is C21H43KO4S. The summed E-state index contributed by atoms with van der Waals surface area (Å²) in [7, 11) is -4.66. The maximum absolute atomic E-state index is 11.4. The van der Waals surface area contributed by atoms with Gasteiger partial charge in [-0.05, 0) is 25.7 Å². The van der Waals surface area contributed by atoms with E-state index in [0.29, 0.717) is 12.8 Å². The van der Waals surface area contributed by atoms with Crippen molar-refractivity contribution in [3.8, 4) is 0 Å². The van der Waals surface area contributed by atoms with Crippen LogP contribution in [0.25, 0.3) is 0 Å². The zero-order chi connectivity index (χ0) is 19.7. The molecule has 0 saturated carbocycles. The summed E-state index contributed by atoms with van der Waals surface area (Å²) in [6.45, 7) is 4.25. The summed E-state index contributed by atoms with van der Waals surface area (Å²) in [6, 6.07) is 0. The van der Waals surface area contributed by atoms with Crippen molar-refractivity contribution in [2.75, 3.05) is 0 Å². The molecule has 0 radical (unpaired) electrons. The molecule has 1 unspecified atom stereocenters. The Bertz CT molecular complexity index is 414. The molecule has 0 heterocycles. The normalized spacial score (nSPS) is 13.9. The molecule has 0 aliphatic rings. The first-order chi connectivity index (χ1) is 12.4. The molecule has 0 saturated heterocycles. The van der Waals surface area contributed by atoms with E-state index in [4.69, 9.17) is 0 Å². The van der Waals surface area contributed by atoms with E-state index in [0.717, 1.165) is 32.1 Å². The van der Waals surface area contributed by atoms with E-state index >= 15 is 0 Å². The smallest absolute Gasteiger partial charge is 0.746 e. The molecule has 158 valence electrons. The van der Waals surface area contributed by atoms with Gasteiger partial charge in [-0.2, -0.15) is 0 Å². The first-order valence-corrected chi connectivity index (χ1v) is 12.5. The van der Waals surface area contributed by atoms with Crippen LogP contribution in [0, 0.1) is 0 Å². The molecule has 0 spiro atoms.